The summed E-state index contributed by atoms with van der Waals surface area (Å²) in [7, 11) is 4.39. The van der Waals surface area contributed by atoms with E-state index in [2.05, 4.69) is 38.2 Å². The van der Waals surface area contributed by atoms with Crippen LogP contribution in [0.25, 0.3) is 0 Å². The summed E-state index contributed by atoms with van der Waals surface area (Å²) >= 11 is 0. The van der Waals surface area contributed by atoms with Crippen LogP contribution in [0.4, 0.5) is 0 Å². The Balaban J connectivity index is 2.45. The summed E-state index contributed by atoms with van der Waals surface area (Å²) in [6.07, 6.45) is 6.73. The van der Waals surface area contributed by atoms with E-state index in [1.165, 1.54) is 32.1 Å². The fraction of sp³-hybridized carbons (Fsp3) is 1.00. The van der Waals surface area contributed by atoms with Crippen LogP contribution in [0.15, 0.2) is 0 Å². The Bertz CT molecular complexity index is 158. The van der Waals surface area contributed by atoms with E-state index in [0.717, 1.165) is 18.1 Å². The molecular weight excluding hydrogens is 172 g/mol. The molecule has 0 aromatic heterocycles. The quantitative estimate of drug-likeness (QED) is 0.729. The first-order chi connectivity index (χ1) is 6.70. The van der Waals surface area contributed by atoms with Gasteiger partial charge in [0.05, 0.1) is 0 Å². The second-order valence-electron chi connectivity index (χ2n) is 4.70. The summed E-state index contributed by atoms with van der Waals surface area (Å²) in [5.74, 6) is 0. The van der Waals surface area contributed by atoms with Crippen molar-refractivity contribution in [1.82, 2.24) is 10.2 Å². The van der Waals surface area contributed by atoms with Crippen molar-refractivity contribution in [3.63, 3.8) is 0 Å². The van der Waals surface area contributed by atoms with Crippen LogP contribution in [0.1, 0.15) is 46.0 Å². The third-order valence-electron chi connectivity index (χ3n) is 3.78. The Morgan fingerprint density at radius 1 is 1.43 bits per heavy atom. The minimum absolute atomic E-state index is 0.722. The van der Waals surface area contributed by atoms with Gasteiger partial charge in [0.15, 0.2) is 0 Å². The third kappa shape index (κ3) is 2.71. The number of likely N-dealkylation sites (N-methyl/N-ethyl adjacent to an activating group) is 2. The molecule has 0 spiro atoms. The van der Waals surface area contributed by atoms with Gasteiger partial charge in [0.1, 0.15) is 0 Å². The number of hydrogen-bond acceptors (Lipinski definition) is 2. The van der Waals surface area contributed by atoms with Crippen molar-refractivity contribution in [2.75, 3.05) is 14.1 Å². The molecule has 0 heterocycles. The van der Waals surface area contributed by atoms with Crippen LogP contribution in [0.5, 0.6) is 0 Å². The zero-order valence-electron chi connectivity index (χ0n) is 10.2. The largest absolute Gasteiger partial charge is 0.315 e. The lowest BCUT2D eigenvalue weighted by Crippen LogP contribution is -2.47. The SMILES string of the molecule is CCCC(C)N(C)C1CCCC1NC. The molecule has 84 valence electrons. The van der Waals surface area contributed by atoms with Crippen molar-refractivity contribution in [1.29, 1.82) is 0 Å². The van der Waals surface area contributed by atoms with Crippen LogP contribution >= 0.6 is 0 Å². The summed E-state index contributed by atoms with van der Waals surface area (Å²) in [6.45, 7) is 4.63. The van der Waals surface area contributed by atoms with E-state index >= 15 is 0 Å². The van der Waals surface area contributed by atoms with Crippen LogP contribution in [0.2, 0.25) is 0 Å². The molecule has 3 atom stereocenters. The maximum atomic E-state index is 3.45. The first-order valence-corrected chi connectivity index (χ1v) is 6.09. The second kappa shape index (κ2) is 5.72. The standard InChI is InChI=1S/C12H26N2/c1-5-7-10(2)14(4)12-9-6-8-11(12)13-3/h10-13H,5-9H2,1-4H3. The van der Waals surface area contributed by atoms with Crippen molar-refractivity contribution in [3.8, 4) is 0 Å². The zero-order valence-corrected chi connectivity index (χ0v) is 10.2. The lowest BCUT2D eigenvalue weighted by atomic mass is 10.1. The summed E-state index contributed by atoms with van der Waals surface area (Å²) in [5, 5.41) is 3.45. The number of rotatable bonds is 5. The van der Waals surface area contributed by atoms with Gasteiger partial charge in [-0.1, -0.05) is 19.8 Å². The molecule has 3 unspecified atom stereocenters. The molecule has 1 saturated carbocycles. The Hall–Kier alpha value is -0.0800. The molecular formula is C12H26N2. The molecule has 0 saturated heterocycles. The number of hydrogen-bond donors (Lipinski definition) is 1. The molecule has 0 bridgehead atoms. The maximum absolute atomic E-state index is 3.45. The first kappa shape index (κ1) is 12.0. The minimum atomic E-state index is 0.722. The van der Waals surface area contributed by atoms with Gasteiger partial charge < -0.3 is 5.32 Å². The van der Waals surface area contributed by atoms with Crippen molar-refractivity contribution in [2.45, 2.75) is 64.1 Å². The first-order valence-electron chi connectivity index (χ1n) is 6.09. The van der Waals surface area contributed by atoms with Gasteiger partial charge in [-0.3, -0.25) is 4.90 Å². The molecule has 1 aliphatic carbocycles. The predicted molar refractivity (Wildman–Crippen MR) is 62.6 cm³/mol. The molecule has 0 radical (unpaired) electrons. The Kier molecular flexibility index (Phi) is 4.90. The molecule has 0 amide bonds. The molecule has 2 heteroatoms. The topological polar surface area (TPSA) is 15.3 Å². The highest BCUT2D eigenvalue weighted by Crippen LogP contribution is 2.25. The molecule has 0 aromatic rings. The van der Waals surface area contributed by atoms with Gasteiger partial charge in [-0.25, -0.2) is 0 Å². The van der Waals surface area contributed by atoms with Crippen molar-refractivity contribution in [2.24, 2.45) is 0 Å². The average molecular weight is 198 g/mol. The van der Waals surface area contributed by atoms with E-state index in [1.54, 1.807) is 0 Å². The highest BCUT2D eigenvalue weighted by molar-refractivity contribution is 4.89. The van der Waals surface area contributed by atoms with E-state index in [4.69, 9.17) is 0 Å². The highest BCUT2D eigenvalue weighted by atomic mass is 15.2. The Morgan fingerprint density at radius 3 is 2.71 bits per heavy atom. The van der Waals surface area contributed by atoms with Crippen LogP contribution < -0.4 is 5.32 Å². The summed E-state index contributed by atoms with van der Waals surface area (Å²) in [5.41, 5.74) is 0. The number of nitrogens with zero attached hydrogens (tertiary/aromatic N) is 1. The van der Waals surface area contributed by atoms with Gasteiger partial charge in [-0.05, 0) is 40.3 Å². The van der Waals surface area contributed by atoms with Crippen LogP contribution in [0, 0.1) is 0 Å². The molecule has 0 aromatic carbocycles. The maximum Gasteiger partial charge on any atom is 0.0249 e. The second-order valence-corrected chi connectivity index (χ2v) is 4.70. The summed E-state index contributed by atoms with van der Waals surface area (Å²) in [6, 6.07) is 2.22. The Morgan fingerprint density at radius 2 is 2.14 bits per heavy atom. The molecule has 1 fully saturated rings. The fourth-order valence-corrected chi connectivity index (χ4v) is 2.71. The summed E-state index contributed by atoms with van der Waals surface area (Å²) in [4.78, 5) is 2.58. The van der Waals surface area contributed by atoms with Gasteiger partial charge in [-0.15, -0.1) is 0 Å². The monoisotopic (exact) mass is 198 g/mol. The molecule has 1 aliphatic rings. The lowest BCUT2D eigenvalue weighted by Gasteiger charge is -2.34. The zero-order chi connectivity index (χ0) is 10.6. The lowest BCUT2D eigenvalue weighted by molar-refractivity contribution is 0.157. The normalized spacial score (nSPS) is 29.8. The smallest absolute Gasteiger partial charge is 0.0249 e. The number of nitrogens with one attached hydrogen (secondary N) is 1. The highest BCUT2D eigenvalue weighted by Gasteiger charge is 2.30. The molecule has 14 heavy (non-hydrogen) atoms. The van der Waals surface area contributed by atoms with Crippen LogP contribution in [-0.2, 0) is 0 Å². The van der Waals surface area contributed by atoms with E-state index in [-0.39, 0.29) is 0 Å². The minimum Gasteiger partial charge on any atom is -0.315 e. The van der Waals surface area contributed by atoms with E-state index in [9.17, 15) is 0 Å². The van der Waals surface area contributed by atoms with Crippen molar-refractivity contribution >= 4 is 0 Å². The molecule has 2 nitrogen and oxygen atoms in total. The molecule has 0 aliphatic heterocycles. The summed E-state index contributed by atoms with van der Waals surface area (Å²) < 4.78 is 0. The van der Waals surface area contributed by atoms with Gasteiger partial charge in [0.2, 0.25) is 0 Å². The Labute approximate surface area is 89.1 Å². The molecule has 1 N–H and O–H groups in total. The van der Waals surface area contributed by atoms with Gasteiger partial charge in [0.25, 0.3) is 0 Å². The van der Waals surface area contributed by atoms with E-state index in [0.29, 0.717) is 0 Å². The average Bonchev–Trinajstić information content (AvgIpc) is 2.64. The van der Waals surface area contributed by atoms with Gasteiger partial charge in [-0.2, -0.15) is 0 Å². The van der Waals surface area contributed by atoms with Crippen LogP contribution in [-0.4, -0.2) is 37.1 Å². The van der Waals surface area contributed by atoms with Crippen LogP contribution in [0.3, 0.4) is 0 Å². The van der Waals surface area contributed by atoms with Crippen molar-refractivity contribution < 1.29 is 0 Å². The van der Waals surface area contributed by atoms with Crippen molar-refractivity contribution in [3.05, 3.63) is 0 Å². The molecule has 1 rings (SSSR count). The van der Waals surface area contributed by atoms with E-state index < -0.39 is 0 Å². The van der Waals surface area contributed by atoms with Gasteiger partial charge >= 0.3 is 0 Å². The van der Waals surface area contributed by atoms with Gasteiger partial charge in [0, 0.05) is 18.1 Å². The van der Waals surface area contributed by atoms with E-state index in [1.807, 2.05) is 0 Å². The fourth-order valence-electron chi connectivity index (χ4n) is 2.71. The predicted octanol–water partition coefficient (Wildman–Crippen LogP) is 2.25. The third-order valence-corrected chi connectivity index (χ3v) is 3.78.